The van der Waals surface area contributed by atoms with Crippen LogP contribution in [0.1, 0.15) is 18.4 Å². The smallest absolute Gasteiger partial charge is 0.238 e. The molecule has 0 radical (unpaired) electrons. The molecule has 1 unspecified atom stereocenters. The molecular formula is C19H20ClN5O3S. The zero-order chi connectivity index (χ0) is 21.0. The summed E-state index contributed by atoms with van der Waals surface area (Å²) in [4.78, 5) is 24.6. The monoisotopic (exact) mass is 433 g/mol. The van der Waals surface area contributed by atoms with E-state index in [0.29, 0.717) is 22.4 Å². The van der Waals surface area contributed by atoms with Crippen molar-refractivity contribution in [1.29, 1.82) is 0 Å². The van der Waals surface area contributed by atoms with Gasteiger partial charge in [0.2, 0.25) is 11.8 Å². The van der Waals surface area contributed by atoms with Gasteiger partial charge in [-0.05, 0) is 39.0 Å². The van der Waals surface area contributed by atoms with Gasteiger partial charge < -0.3 is 15.2 Å². The number of hydrogen-bond acceptors (Lipinski definition) is 6. The largest absolute Gasteiger partial charge is 0.360 e. The molecule has 0 saturated carbocycles. The van der Waals surface area contributed by atoms with Crippen LogP contribution in [0.3, 0.4) is 0 Å². The zero-order valence-corrected chi connectivity index (χ0v) is 17.7. The second-order valence-electron chi connectivity index (χ2n) is 6.38. The fraction of sp³-hybridized carbons (Fsp3) is 0.263. The Kier molecular flexibility index (Phi) is 6.60. The number of nitrogens with zero attached hydrogens (tertiary/aromatic N) is 3. The number of anilines is 2. The van der Waals surface area contributed by atoms with Crippen LogP contribution in [0.25, 0.3) is 5.69 Å². The molecular weight excluding hydrogens is 414 g/mol. The first-order valence-corrected chi connectivity index (χ1v) is 10.2. The quantitative estimate of drug-likeness (QED) is 0.587. The van der Waals surface area contributed by atoms with Crippen molar-refractivity contribution in [3.8, 4) is 5.69 Å². The molecule has 0 spiro atoms. The lowest BCUT2D eigenvalue weighted by molar-refractivity contribution is -0.115. The van der Waals surface area contributed by atoms with Gasteiger partial charge in [0, 0.05) is 17.2 Å². The van der Waals surface area contributed by atoms with E-state index in [1.165, 1.54) is 11.8 Å². The minimum atomic E-state index is -0.447. The number of rotatable bonds is 7. The second-order valence-corrected chi connectivity index (χ2v) is 8.14. The highest BCUT2D eigenvalue weighted by molar-refractivity contribution is 8.01. The van der Waals surface area contributed by atoms with Crippen molar-refractivity contribution in [1.82, 2.24) is 14.9 Å². The first kappa shape index (κ1) is 20.9. The van der Waals surface area contributed by atoms with Crippen LogP contribution in [0.2, 0.25) is 5.02 Å². The summed E-state index contributed by atoms with van der Waals surface area (Å²) >= 11 is 7.27. The van der Waals surface area contributed by atoms with Crippen LogP contribution >= 0.6 is 23.4 Å². The predicted octanol–water partition coefficient (Wildman–Crippen LogP) is 3.83. The molecule has 29 heavy (non-hydrogen) atoms. The van der Waals surface area contributed by atoms with E-state index in [1.807, 2.05) is 19.1 Å². The Morgan fingerprint density at radius 2 is 2.03 bits per heavy atom. The summed E-state index contributed by atoms with van der Waals surface area (Å²) in [6.45, 7) is 5.30. The van der Waals surface area contributed by atoms with Crippen molar-refractivity contribution in [2.24, 2.45) is 0 Å². The summed E-state index contributed by atoms with van der Waals surface area (Å²) in [6, 6.07) is 10.6. The van der Waals surface area contributed by atoms with Gasteiger partial charge in [-0.25, -0.2) is 4.68 Å². The van der Waals surface area contributed by atoms with Gasteiger partial charge in [0.25, 0.3) is 0 Å². The molecule has 1 aromatic carbocycles. The lowest BCUT2D eigenvalue weighted by atomic mass is 10.3. The maximum Gasteiger partial charge on any atom is 0.238 e. The van der Waals surface area contributed by atoms with Crippen LogP contribution in [0.15, 0.2) is 40.9 Å². The molecule has 0 bridgehead atoms. The summed E-state index contributed by atoms with van der Waals surface area (Å²) in [6.07, 6.45) is 0. The molecule has 1 atom stereocenters. The topological polar surface area (TPSA) is 102 Å². The number of aromatic nitrogens is 3. The van der Waals surface area contributed by atoms with Crippen molar-refractivity contribution in [2.45, 2.75) is 26.0 Å². The Hall–Kier alpha value is -2.78. The highest BCUT2D eigenvalue weighted by Crippen LogP contribution is 2.21. The minimum absolute atomic E-state index is 0.103. The number of nitrogens with one attached hydrogen (secondary N) is 2. The molecule has 2 N–H and O–H groups in total. The van der Waals surface area contributed by atoms with E-state index >= 15 is 0 Å². The van der Waals surface area contributed by atoms with Gasteiger partial charge in [0.1, 0.15) is 11.6 Å². The molecule has 0 saturated heterocycles. The number of benzene rings is 1. The predicted molar refractivity (Wildman–Crippen MR) is 114 cm³/mol. The summed E-state index contributed by atoms with van der Waals surface area (Å²) in [5.41, 5.74) is 1.49. The minimum Gasteiger partial charge on any atom is -0.360 e. The molecule has 2 aromatic heterocycles. The number of thioether (sulfide) groups is 1. The molecule has 2 amide bonds. The molecule has 2 heterocycles. The van der Waals surface area contributed by atoms with Gasteiger partial charge in [-0.3, -0.25) is 9.59 Å². The second kappa shape index (κ2) is 9.15. The van der Waals surface area contributed by atoms with Gasteiger partial charge in [-0.15, -0.1) is 11.8 Å². The Morgan fingerprint density at radius 3 is 2.72 bits per heavy atom. The SMILES string of the molecule is Cc1cc(NC(=O)CSC(C)C(=O)Nc2cc(C)on2)n(-c2cccc(Cl)c2)n1. The van der Waals surface area contributed by atoms with Crippen LogP contribution in [0, 0.1) is 13.8 Å². The van der Waals surface area contributed by atoms with Crippen LogP contribution in [-0.2, 0) is 9.59 Å². The van der Waals surface area contributed by atoms with Crippen molar-refractivity contribution in [2.75, 3.05) is 16.4 Å². The third kappa shape index (κ3) is 5.61. The summed E-state index contributed by atoms with van der Waals surface area (Å²) in [5, 5.41) is 13.7. The maximum absolute atomic E-state index is 12.4. The van der Waals surface area contributed by atoms with Crippen LogP contribution in [0.4, 0.5) is 11.6 Å². The number of hydrogen-bond donors (Lipinski definition) is 2. The Balaban J connectivity index is 1.58. The van der Waals surface area contributed by atoms with Crippen molar-refractivity contribution >= 4 is 46.8 Å². The maximum atomic E-state index is 12.4. The third-order valence-corrected chi connectivity index (χ3v) is 5.24. The Bertz CT molecular complexity index is 1030. The molecule has 152 valence electrons. The van der Waals surface area contributed by atoms with E-state index in [-0.39, 0.29) is 17.6 Å². The van der Waals surface area contributed by atoms with Crippen molar-refractivity contribution < 1.29 is 14.1 Å². The summed E-state index contributed by atoms with van der Waals surface area (Å²) in [7, 11) is 0. The number of aryl methyl sites for hydroxylation is 2. The van der Waals surface area contributed by atoms with Crippen molar-refractivity contribution in [3.05, 3.63) is 52.9 Å². The van der Waals surface area contributed by atoms with Crippen LogP contribution in [0.5, 0.6) is 0 Å². The Morgan fingerprint density at radius 1 is 1.24 bits per heavy atom. The van der Waals surface area contributed by atoms with Gasteiger partial charge in [0.05, 0.1) is 22.4 Å². The fourth-order valence-corrected chi connectivity index (χ4v) is 3.37. The van der Waals surface area contributed by atoms with E-state index in [9.17, 15) is 9.59 Å². The number of amides is 2. The molecule has 8 nitrogen and oxygen atoms in total. The van der Waals surface area contributed by atoms with Crippen molar-refractivity contribution in [3.63, 3.8) is 0 Å². The lowest BCUT2D eigenvalue weighted by Gasteiger charge is -2.11. The number of carbonyl (C=O) groups excluding carboxylic acids is 2. The molecule has 0 aliphatic carbocycles. The molecule has 3 aromatic rings. The third-order valence-electron chi connectivity index (χ3n) is 3.86. The Labute approximate surface area is 177 Å². The molecule has 0 fully saturated rings. The number of halogens is 1. The summed E-state index contributed by atoms with van der Waals surface area (Å²) < 4.78 is 6.53. The van der Waals surface area contributed by atoms with E-state index in [4.69, 9.17) is 16.1 Å². The van der Waals surface area contributed by atoms with E-state index < -0.39 is 5.25 Å². The summed E-state index contributed by atoms with van der Waals surface area (Å²) in [5.74, 6) is 1.10. The van der Waals surface area contributed by atoms with E-state index in [0.717, 1.165) is 11.4 Å². The van der Waals surface area contributed by atoms with Crippen LogP contribution < -0.4 is 10.6 Å². The van der Waals surface area contributed by atoms with Gasteiger partial charge in [0.15, 0.2) is 5.82 Å². The normalized spacial score (nSPS) is 11.9. The van der Waals surface area contributed by atoms with Gasteiger partial charge >= 0.3 is 0 Å². The highest BCUT2D eigenvalue weighted by Gasteiger charge is 2.18. The number of carbonyl (C=O) groups is 2. The first-order valence-electron chi connectivity index (χ1n) is 8.80. The highest BCUT2D eigenvalue weighted by atomic mass is 35.5. The zero-order valence-electron chi connectivity index (χ0n) is 16.1. The molecule has 0 aliphatic rings. The van der Waals surface area contributed by atoms with E-state index in [1.54, 1.807) is 42.8 Å². The molecule has 0 aliphatic heterocycles. The average molecular weight is 434 g/mol. The van der Waals surface area contributed by atoms with Gasteiger partial charge in [-0.1, -0.05) is 22.8 Å². The first-order chi connectivity index (χ1) is 13.8. The average Bonchev–Trinajstić information content (AvgIpc) is 3.24. The fourth-order valence-electron chi connectivity index (χ4n) is 2.50. The molecule has 10 heteroatoms. The van der Waals surface area contributed by atoms with Gasteiger partial charge in [-0.2, -0.15) is 5.10 Å². The standard InChI is InChI=1S/C19H20ClN5O3S/c1-11-7-17(25(23-11)15-6-4-5-14(20)9-15)22-18(26)10-29-13(3)19(27)21-16-8-12(2)28-24-16/h4-9,13H,10H2,1-3H3,(H,22,26)(H,21,24,27). The molecule has 3 rings (SSSR count). The van der Waals surface area contributed by atoms with Crippen LogP contribution in [-0.4, -0.2) is 37.8 Å². The van der Waals surface area contributed by atoms with E-state index in [2.05, 4.69) is 20.9 Å². The lowest BCUT2D eigenvalue weighted by Crippen LogP contribution is -2.25.